The standard InChI is InChI=1S/C20H22F2N4O2/c1-4-8-25-18-17(19(27)26(9-5-2)20(25)28)24(3)16(23-18)7-6-13-10-14(21)12-15(22)11-13/h6-7,10-12H,4-5,8-9H2,1-3H3/b7-6+. The summed E-state index contributed by atoms with van der Waals surface area (Å²) in [5.41, 5.74) is 0.213. The summed E-state index contributed by atoms with van der Waals surface area (Å²) in [5, 5.41) is 0. The number of halogens is 2. The molecule has 0 bridgehead atoms. The molecule has 0 N–H and O–H groups in total. The Morgan fingerprint density at radius 3 is 2.18 bits per heavy atom. The molecule has 8 heteroatoms. The first-order valence-corrected chi connectivity index (χ1v) is 9.21. The number of fused-ring (bicyclic) bond motifs is 1. The number of rotatable bonds is 6. The van der Waals surface area contributed by atoms with Crippen molar-refractivity contribution < 1.29 is 8.78 Å². The molecule has 6 nitrogen and oxygen atoms in total. The summed E-state index contributed by atoms with van der Waals surface area (Å²) < 4.78 is 31.1. The van der Waals surface area contributed by atoms with Gasteiger partial charge in [0.2, 0.25) is 0 Å². The van der Waals surface area contributed by atoms with E-state index in [1.165, 1.54) is 27.3 Å². The van der Waals surface area contributed by atoms with Crippen molar-refractivity contribution in [2.24, 2.45) is 7.05 Å². The van der Waals surface area contributed by atoms with E-state index in [2.05, 4.69) is 4.98 Å². The summed E-state index contributed by atoms with van der Waals surface area (Å²) in [6, 6.07) is 3.19. The minimum Gasteiger partial charge on any atom is -0.322 e. The van der Waals surface area contributed by atoms with E-state index >= 15 is 0 Å². The van der Waals surface area contributed by atoms with Crippen molar-refractivity contribution in [2.75, 3.05) is 0 Å². The fraction of sp³-hybridized carbons (Fsp3) is 0.350. The normalized spacial score (nSPS) is 11.8. The zero-order chi connectivity index (χ0) is 20.4. The lowest BCUT2D eigenvalue weighted by atomic mass is 10.2. The van der Waals surface area contributed by atoms with Crippen molar-refractivity contribution in [1.82, 2.24) is 18.7 Å². The number of aromatic nitrogens is 4. The molecule has 3 aromatic rings. The Balaban J connectivity index is 2.20. The summed E-state index contributed by atoms with van der Waals surface area (Å²) in [7, 11) is 1.68. The first-order valence-electron chi connectivity index (χ1n) is 9.21. The van der Waals surface area contributed by atoms with Crippen LogP contribution >= 0.6 is 0 Å². The first kappa shape index (κ1) is 19.7. The van der Waals surface area contributed by atoms with E-state index in [0.29, 0.717) is 48.5 Å². The highest BCUT2D eigenvalue weighted by Gasteiger charge is 2.18. The van der Waals surface area contributed by atoms with E-state index in [9.17, 15) is 18.4 Å². The zero-order valence-electron chi connectivity index (χ0n) is 16.1. The van der Waals surface area contributed by atoms with Crippen molar-refractivity contribution in [1.29, 1.82) is 0 Å². The minimum atomic E-state index is -0.677. The van der Waals surface area contributed by atoms with Crippen LogP contribution in [0.2, 0.25) is 0 Å². The molecule has 0 atom stereocenters. The lowest BCUT2D eigenvalue weighted by Gasteiger charge is -2.10. The second kappa shape index (κ2) is 7.92. The molecule has 148 valence electrons. The molecule has 2 aromatic heterocycles. The van der Waals surface area contributed by atoms with Gasteiger partial charge in [0.1, 0.15) is 17.5 Å². The van der Waals surface area contributed by atoms with E-state index in [1.807, 2.05) is 13.8 Å². The molecule has 28 heavy (non-hydrogen) atoms. The van der Waals surface area contributed by atoms with E-state index in [-0.39, 0.29) is 11.2 Å². The molecule has 0 amide bonds. The van der Waals surface area contributed by atoms with Crippen LogP contribution in [-0.4, -0.2) is 18.7 Å². The van der Waals surface area contributed by atoms with Gasteiger partial charge in [0.05, 0.1) is 0 Å². The summed E-state index contributed by atoms with van der Waals surface area (Å²) in [4.78, 5) is 30.0. The van der Waals surface area contributed by atoms with Gasteiger partial charge in [-0.15, -0.1) is 0 Å². The van der Waals surface area contributed by atoms with Crippen LogP contribution in [0.3, 0.4) is 0 Å². The van der Waals surface area contributed by atoms with Crippen LogP contribution in [0, 0.1) is 11.6 Å². The molecule has 0 unspecified atom stereocenters. The summed E-state index contributed by atoms with van der Waals surface area (Å²) >= 11 is 0. The number of hydrogen-bond donors (Lipinski definition) is 0. The van der Waals surface area contributed by atoms with Crippen molar-refractivity contribution in [3.05, 3.63) is 62.1 Å². The lowest BCUT2D eigenvalue weighted by Crippen LogP contribution is -2.40. The zero-order valence-corrected chi connectivity index (χ0v) is 16.1. The topological polar surface area (TPSA) is 61.8 Å². The first-order chi connectivity index (χ1) is 13.4. The Labute approximate surface area is 160 Å². The second-order valence-corrected chi connectivity index (χ2v) is 6.63. The van der Waals surface area contributed by atoms with Crippen LogP contribution in [-0.2, 0) is 20.1 Å². The molecule has 1 aromatic carbocycles. The molecule has 0 aliphatic rings. The average molecular weight is 388 g/mol. The molecule has 2 heterocycles. The van der Waals surface area contributed by atoms with Gasteiger partial charge in [-0.25, -0.2) is 18.6 Å². The number of nitrogens with zero attached hydrogens (tertiary/aromatic N) is 4. The van der Waals surface area contributed by atoms with E-state index in [1.54, 1.807) is 17.7 Å². The molecule has 0 aliphatic heterocycles. The van der Waals surface area contributed by atoms with E-state index in [0.717, 1.165) is 6.07 Å². The third-order valence-corrected chi connectivity index (χ3v) is 4.48. The molecule has 3 rings (SSSR count). The number of benzene rings is 1. The van der Waals surface area contributed by atoms with Gasteiger partial charge in [0.15, 0.2) is 11.2 Å². The highest BCUT2D eigenvalue weighted by molar-refractivity contribution is 5.76. The Bertz CT molecular complexity index is 1150. The van der Waals surface area contributed by atoms with Crippen LogP contribution in [0.4, 0.5) is 8.78 Å². The second-order valence-electron chi connectivity index (χ2n) is 6.63. The van der Waals surface area contributed by atoms with E-state index < -0.39 is 11.6 Å². The number of hydrogen-bond acceptors (Lipinski definition) is 3. The SMILES string of the molecule is CCCn1c(=O)c2c(nc(/C=C/c3cc(F)cc(F)c3)n2C)n(CCC)c1=O. The van der Waals surface area contributed by atoms with Gasteiger partial charge in [-0.05, 0) is 36.6 Å². The molecular weight excluding hydrogens is 366 g/mol. The van der Waals surface area contributed by atoms with Crippen LogP contribution in [0.15, 0.2) is 27.8 Å². The third-order valence-electron chi connectivity index (χ3n) is 4.48. The monoisotopic (exact) mass is 388 g/mol. The maximum Gasteiger partial charge on any atom is 0.332 e. The van der Waals surface area contributed by atoms with Crippen molar-refractivity contribution in [2.45, 2.75) is 39.8 Å². The molecule has 0 saturated heterocycles. The largest absolute Gasteiger partial charge is 0.332 e. The van der Waals surface area contributed by atoms with Gasteiger partial charge in [0.25, 0.3) is 5.56 Å². The van der Waals surface area contributed by atoms with Crippen LogP contribution < -0.4 is 11.2 Å². The van der Waals surface area contributed by atoms with Crippen LogP contribution in [0.25, 0.3) is 23.3 Å². The highest BCUT2D eigenvalue weighted by atomic mass is 19.1. The smallest absolute Gasteiger partial charge is 0.322 e. The molecular formula is C20H22F2N4O2. The average Bonchev–Trinajstić information content (AvgIpc) is 2.96. The van der Waals surface area contributed by atoms with Gasteiger partial charge < -0.3 is 4.57 Å². The Kier molecular flexibility index (Phi) is 5.58. The number of imidazole rings is 1. The molecule has 0 fully saturated rings. The van der Waals surface area contributed by atoms with Gasteiger partial charge in [-0.2, -0.15) is 0 Å². The fourth-order valence-electron chi connectivity index (χ4n) is 3.22. The van der Waals surface area contributed by atoms with Gasteiger partial charge in [-0.1, -0.05) is 19.9 Å². The van der Waals surface area contributed by atoms with Crippen molar-refractivity contribution in [3.63, 3.8) is 0 Å². The fourth-order valence-corrected chi connectivity index (χ4v) is 3.22. The maximum absolute atomic E-state index is 13.4. The minimum absolute atomic E-state index is 0.316. The Hall–Kier alpha value is -3.03. The molecule has 0 saturated carbocycles. The van der Waals surface area contributed by atoms with Gasteiger partial charge in [-0.3, -0.25) is 13.9 Å². The summed E-state index contributed by atoms with van der Waals surface area (Å²) in [5.74, 6) is -0.942. The van der Waals surface area contributed by atoms with Gasteiger partial charge in [0, 0.05) is 26.2 Å². The van der Waals surface area contributed by atoms with Crippen LogP contribution in [0.5, 0.6) is 0 Å². The predicted molar refractivity (Wildman–Crippen MR) is 105 cm³/mol. The lowest BCUT2D eigenvalue weighted by molar-refractivity contribution is 0.554. The van der Waals surface area contributed by atoms with Crippen molar-refractivity contribution >= 4 is 23.3 Å². The van der Waals surface area contributed by atoms with Crippen molar-refractivity contribution in [3.8, 4) is 0 Å². The molecule has 0 aliphatic carbocycles. The van der Waals surface area contributed by atoms with Crippen LogP contribution in [0.1, 0.15) is 38.1 Å². The van der Waals surface area contributed by atoms with Gasteiger partial charge >= 0.3 is 5.69 Å². The summed E-state index contributed by atoms with van der Waals surface area (Å²) in [6.45, 7) is 4.61. The highest BCUT2D eigenvalue weighted by Crippen LogP contribution is 2.15. The van der Waals surface area contributed by atoms with E-state index in [4.69, 9.17) is 0 Å². The molecule has 0 radical (unpaired) electrons. The molecule has 0 spiro atoms. The quantitative estimate of drug-likeness (QED) is 0.652. The maximum atomic E-state index is 13.4. The predicted octanol–water partition coefficient (Wildman–Crippen LogP) is 3.17. The Morgan fingerprint density at radius 2 is 1.57 bits per heavy atom. The number of aryl methyl sites for hydroxylation is 2. The Morgan fingerprint density at radius 1 is 0.964 bits per heavy atom. The third kappa shape index (κ3) is 3.54. The summed E-state index contributed by atoms with van der Waals surface area (Å²) in [6.07, 6.45) is 4.45.